The molecule has 0 radical (unpaired) electrons. The van der Waals surface area contributed by atoms with Crippen molar-refractivity contribution >= 4 is 0 Å². The van der Waals surface area contributed by atoms with Gasteiger partial charge in [0, 0.05) is 6.54 Å². The molecule has 0 aliphatic rings. The summed E-state index contributed by atoms with van der Waals surface area (Å²) in [4.78, 5) is 0. The van der Waals surface area contributed by atoms with Gasteiger partial charge in [0.15, 0.2) is 0 Å². The van der Waals surface area contributed by atoms with Crippen LogP contribution in [0.15, 0.2) is 24.3 Å². The Kier molecular flexibility index (Phi) is 4.33. The molecule has 0 atom stereocenters. The van der Waals surface area contributed by atoms with E-state index in [-0.39, 0.29) is 0 Å². The maximum atomic E-state index is 5.51. The van der Waals surface area contributed by atoms with Crippen molar-refractivity contribution in [3.63, 3.8) is 0 Å². The predicted octanol–water partition coefficient (Wildman–Crippen LogP) is 2.19. The fourth-order valence-electron chi connectivity index (χ4n) is 1.17. The molecule has 0 unspecified atom stereocenters. The molecule has 0 amide bonds. The molecule has 0 heterocycles. The Morgan fingerprint density at radius 2 is 2.23 bits per heavy atom. The maximum absolute atomic E-state index is 5.51. The Morgan fingerprint density at radius 3 is 2.92 bits per heavy atom. The third kappa shape index (κ3) is 3.47. The van der Waals surface area contributed by atoms with Gasteiger partial charge in [-0.2, -0.15) is 0 Å². The minimum atomic E-state index is 0.795. The highest BCUT2D eigenvalue weighted by molar-refractivity contribution is 5.28. The van der Waals surface area contributed by atoms with Gasteiger partial charge in [-0.1, -0.05) is 19.1 Å². The Balaban J connectivity index is 2.56. The van der Waals surface area contributed by atoms with Crippen LogP contribution >= 0.6 is 0 Å². The van der Waals surface area contributed by atoms with Crippen molar-refractivity contribution < 1.29 is 4.74 Å². The van der Waals surface area contributed by atoms with Gasteiger partial charge in [-0.3, -0.25) is 0 Å². The van der Waals surface area contributed by atoms with Gasteiger partial charge in [0.05, 0.1) is 6.61 Å². The van der Waals surface area contributed by atoms with Gasteiger partial charge in [-0.25, -0.2) is 0 Å². The molecule has 13 heavy (non-hydrogen) atoms. The molecule has 0 aromatic heterocycles. The van der Waals surface area contributed by atoms with Crippen molar-refractivity contribution in [3.05, 3.63) is 29.8 Å². The minimum absolute atomic E-state index is 0.795. The molecule has 2 nitrogen and oxygen atoms in total. The first kappa shape index (κ1) is 10.1. The molecule has 0 fully saturated rings. The normalized spacial score (nSPS) is 10.0. The number of hydrogen-bond acceptors (Lipinski definition) is 2. The summed E-state index contributed by atoms with van der Waals surface area (Å²) < 4.78 is 5.51. The van der Waals surface area contributed by atoms with Crippen molar-refractivity contribution in [2.45, 2.75) is 19.9 Å². The van der Waals surface area contributed by atoms with Crippen LogP contribution in [0.3, 0.4) is 0 Å². The van der Waals surface area contributed by atoms with E-state index in [0.717, 1.165) is 25.3 Å². The first-order valence-corrected chi connectivity index (χ1v) is 4.73. The summed E-state index contributed by atoms with van der Waals surface area (Å²) in [5.41, 5.74) is 1.26. The largest absolute Gasteiger partial charge is 0.494 e. The molecule has 2 heteroatoms. The van der Waals surface area contributed by atoms with Gasteiger partial charge in [0.1, 0.15) is 5.75 Å². The van der Waals surface area contributed by atoms with Crippen molar-refractivity contribution in [2.75, 3.05) is 13.7 Å². The van der Waals surface area contributed by atoms with E-state index in [0.29, 0.717) is 0 Å². The van der Waals surface area contributed by atoms with E-state index < -0.39 is 0 Å². The van der Waals surface area contributed by atoms with Crippen LogP contribution in [0.4, 0.5) is 0 Å². The second-order valence-electron chi connectivity index (χ2n) is 3.03. The molecule has 1 aromatic rings. The second kappa shape index (κ2) is 5.60. The topological polar surface area (TPSA) is 21.3 Å². The highest BCUT2D eigenvalue weighted by atomic mass is 16.5. The molecule has 0 aliphatic heterocycles. The Hall–Kier alpha value is -1.02. The Bertz CT molecular complexity index is 248. The maximum Gasteiger partial charge on any atom is 0.119 e. The van der Waals surface area contributed by atoms with Gasteiger partial charge in [-0.15, -0.1) is 0 Å². The van der Waals surface area contributed by atoms with Crippen LogP contribution < -0.4 is 10.1 Å². The van der Waals surface area contributed by atoms with E-state index in [1.807, 2.05) is 19.2 Å². The summed E-state index contributed by atoms with van der Waals surface area (Å²) in [5.74, 6) is 0.967. The van der Waals surface area contributed by atoms with E-state index in [2.05, 4.69) is 24.4 Å². The lowest BCUT2D eigenvalue weighted by Gasteiger charge is -2.06. The number of ether oxygens (including phenoxy) is 1. The molecule has 72 valence electrons. The lowest BCUT2D eigenvalue weighted by atomic mass is 10.2. The van der Waals surface area contributed by atoms with E-state index in [1.54, 1.807) is 0 Å². The third-order valence-corrected chi connectivity index (χ3v) is 1.75. The molecule has 0 bridgehead atoms. The molecule has 1 aromatic carbocycles. The number of rotatable bonds is 5. The third-order valence-electron chi connectivity index (χ3n) is 1.75. The second-order valence-corrected chi connectivity index (χ2v) is 3.03. The monoisotopic (exact) mass is 179 g/mol. The minimum Gasteiger partial charge on any atom is -0.494 e. The quantitative estimate of drug-likeness (QED) is 0.748. The standard InChI is InChI=1S/C11H17NO/c1-3-7-13-11-6-4-5-10(8-11)9-12-2/h4-6,8,12H,3,7,9H2,1-2H3. The zero-order valence-electron chi connectivity index (χ0n) is 8.34. The smallest absolute Gasteiger partial charge is 0.119 e. The number of benzene rings is 1. The van der Waals surface area contributed by atoms with E-state index in [1.165, 1.54) is 5.56 Å². The molecule has 1 N–H and O–H groups in total. The molecular formula is C11H17NO. The first-order valence-electron chi connectivity index (χ1n) is 4.73. The van der Waals surface area contributed by atoms with Crippen molar-refractivity contribution in [1.82, 2.24) is 5.32 Å². The van der Waals surface area contributed by atoms with Gasteiger partial charge < -0.3 is 10.1 Å². The Morgan fingerprint density at radius 1 is 1.38 bits per heavy atom. The zero-order valence-corrected chi connectivity index (χ0v) is 8.34. The summed E-state index contributed by atoms with van der Waals surface area (Å²) in [5, 5.41) is 3.11. The molecular weight excluding hydrogens is 162 g/mol. The fraction of sp³-hybridized carbons (Fsp3) is 0.455. The summed E-state index contributed by atoms with van der Waals surface area (Å²) in [7, 11) is 1.94. The van der Waals surface area contributed by atoms with E-state index in [4.69, 9.17) is 4.74 Å². The van der Waals surface area contributed by atoms with Crippen LogP contribution in [0.2, 0.25) is 0 Å². The average molecular weight is 179 g/mol. The van der Waals surface area contributed by atoms with Gasteiger partial charge in [0.25, 0.3) is 0 Å². The van der Waals surface area contributed by atoms with Crippen molar-refractivity contribution in [1.29, 1.82) is 0 Å². The summed E-state index contributed by atoms with van der Waals surface area (Å²) >= 11 is 0. The zero-order chi connectivity index (χ0) is 9.52. The highest BCUT2D eigenvalue weighted by Crippen LogP contribution is 2.13. The summed E-state index contributed by atoms with van der Waals surface area (Å²) in [6.07, 6.45) is 1.05. The predicted molar refractivity (Wildman–Crippen MR) is 55.0 cm³/mol. The van der Waals surface area contributed by atoms with Crippen LogP contribution in [0, 0.1) is 0 Å². The van der Waals surface area contributed by atoms with Crippen LogP contribution in [-0.4, -0.2) is 13.7 Å². The lowest BCUT2D eigenvalue weighted by molar-refractivity contribution is 0.317. The molecule has 0 saturated heterocycles. The average Bonchev–Trinajstić information content (AvgIpc) is 2.16. The van der Waals surface area contributed by atoms with Crippen LogP contribution in [-0.2, 0) is 6.54 Å². The fourth-order valence-corrected chi connectivity index (χ4v) is 1.17. The Labute approximate surface area is 79.9 Å². The van der Waals surface area contributed by atoms with E-state index in [9.17, 15) is 0 Å². The number of nitrogens with one attached hydrogen (secondary N) is 1. The van der Waals surface area contributed by atoms with Crippen molar-refractivity contribution in [3.8, 4) is 5.75 Å². The highest BCUT2D eigenvalue weighted by Gasteiger charge is 1.94. The molecule has 1 rings (SSSR count). The van der Waals surface area contributed by atoms with E-state index >= 15 is 0 Å². The summed E-state index contributed by atoms with van der Waals surface area (Å²) in [6, 6.07) is 8.19. The number of hydrogen-bond donors (Lipinski definition) is 1. The van der Waals surface area contributed by atoms with Gasteiger partial charge >= 0.3 is 0 Å². The molecule has 0 aliphatic carbocycles. The van der Waals surface area contributed by atoms with Gasteiger partial charge in [0.2, 0.25) is 0 Å². The SMILES string of the molecule is CCCOc1cccc(CNC)c1. The van der Waals surface area contributed by atoms with Gasteiger partial charge in [-0.05, 0) is 31.2 Å². The lowest BCUT2D eigenvalue weighted by Crippen LogP contribution is -2.05. The summed E-state index contributed by atoms with van der Waals surface area (Å²) in [6.45, 7) is 3.80. The molecule has 0 spiro atoms. The van der Waals surface area contributed by atoms with Crippen LogP contribution in [0.1, 0.15) is 18.9 Å². The van der Waals surface area contributed by atoms with Crippen LogP contribution in [0.25, 0.3) is 0 Å². The first-order chi connectivity index (χ1) is 6.36. The van der Waals surface area contributed by atoms with Crippen molar-refractivity contribution in [2.24, 2.45) is 0 Å². The molecule has 0 saturated carbocycles. The van der Waals surface area contributed by atoms with Crippen LogP contribution in [0.5, 0.6) is 5.75 Å².